The second-order valence-corrected chi connectivity index (χ2v) is 2.34. The van der Waals surface area contributed by atoms with Gasteiger partial charge in [-0.2, -0.15) is 0 Å². The van der Waals surface area contributed by atoms with Gasteiger partial charge in [0.25, 0.3) is 0 Å². The molecule has 5 heteroatoms. The molecule has 0 saturated carbocycles. The summed E-state index contributed by atoms with van der Waals surface area (Å²) in [6.45, 7) is 0. The fourth-order valence-electron chi connectivity index (χ4n) is 0.727. The quantitative estimate of drug-likeness (QED) is 0.680. The van der Waals surface area contributed by atoms with E-state index in [-0.39, 0.29) is 17.9 Å². The summed E-state index contributed by atoms with van der Waals surface area (Å²) in [6.07, 6.45) is -0.302. The molecule has 0 aliphatic rings. The van der Waals surface area contributed by atoms with Crippen molar-refractivity contribution in [3.05, 3.63) is 23.7 Å². The van der Waals surface area contributed by atoms with E-state index in [1.54, 1.807) is 0 Å². The topological polar surface area (TPSA) is 87.7 Å². The van der Waals surface area contributed by atoms with E-state index in [2.05, 4.69) is 11.8 Å². The second kappa shape index (κ2) is 4.14. The van der Waals surface area contributed by atoms with Crippen LogP contribution in [0, 0.1) is 11.8 Å². The van der Waals surface area contributed by atoms with Gasteiger partial charge in [0, 0.05) is 0 Å². The second-order valence-electron chi connectivity index (χ2n) is 2.34. The van der Waals surface area contributed by atoms with Gasteiger partial charge in [-0.25, -0.2) is 4.79 Å². The molecule has 0 aliphatic carbocycles. The SMILES string of the molecule is O=C(O)CC#Cc1ccc(C(=O)O)o1. The van der Waals surface area contributed by atoms with Gasteiger partial charge in [-0.1, -0.05) is 5.92 Å². The molecule has 5 nitrogen and oxygen atoms in total. The molecule has 0 aromatic carbocycles. The van der Waals surface area contributed by atoms with E-state index < -0.39 is 11.9 Å². The van der Waals surface area contributed by atoms with Crippen molar-refractivity contribution in [1.82, 2.24) is 0 Å². The Balaban J connectivity index is 2.71. The normalized spacial score (nSPS) is 8.86. The maximum atomic E-state index is 10.4. The molecule has 14 heavy (non-hydrogen) atoms. The first-order valence-corrected chi connectivity index (χ1v) is 3.63. The van der Waals surface area contributed by atoms with Crippen LogP contribution >= 0.6 is 0 Å². The Kier molecular flexibility index (Phi) is 2.92. The molecule has 0 aliphatic heterocycles. The van der Waals surface area contributed by atoms with Gasteiger partial charge in [0.2, 0.25) is 5.76 Å². The monoisotopic (exact) mass is 194 g/mol. The van der Waals surface area contributed by atoms with Crippen molar-refractivity contribution in [1.29, 1.82) is 0 Å². The van der Waals surface area contributed by atoms with Crippen molar-refractivity contribution in [3.63, 3.8) is 0 Å². The van der Waals surface area contributed by atoms with Gasteiger partial charge in [-0.05, 0) is 18.1 Å². The number of carboxylic acid groups (broad SMARTS) is 2. The standard InChI is InChI=1S/C9H6O5/c10-8(11)3-1-2-6-4-5-7(14-6)9(12)13/h4-5H,3H2,(H,10,11)(H,12,13). The van der Waals surface area contributed by atoms with Gasteiger partial charge in [0.15, 0.2) is 5.76 Å². The van der Waals surface area contributed by atoms with E-state index in [9.17, 15) is 9.59 Å². The zero-order valence-corrected chi connectivity index (χ0v) is 6.98. The maximum absolute atomic E-state index is 10.4. The highest BCUT2D eigenvalue weighted by Crippen LogP contribution is 2.05. The van der Waals surface area contributed by atoms with E-state index in [1.165, 1.54) is 12.1 Å². The van der Waals surface area contributed by atoms with Crippen LogP contribution in [0.1, 0.15) is 22.7 Å². The Morgan fingerprint density at radius 2 is 2.07 bits per heavy atom. The molecule has 0 saturated heterocycles. The van der Waals surface area contributed by atoms with Crippen LogP contribution in [0.3, 0.4) is 0 Å². The first kappa shape index (κ1) is 9.86. The van der Waals surface area contributed by atoms with Gasteiger partial charge in [0.1, 0.15) is 6.42 Å². The predicted octanol–water partition coefficient (Wildman–Crippen LogP) is 0.804. The van der Waals surface area contributed by atoms with E-state index >= 15 is 0 Å². The lowest BCUT2D eigenvalue weighted by Gasteiger charge is -1.83. The summed E-state index contributed by atoms with van der Waals surface area (Å²) in [7, 11) is 0. The number of carbonyl (C=O) groups is 2. The zero-order valence-electron chi connectivity index (χ0n) is 6.98. The summed E-state index contributed by atoms with van der Waals surface area (Å²) < 4.78 is 4.76. The lowest BCUT2D eigenvalue weighted by molar-refractivity contribution is -0.135. The summed E-state index contributed by atoms with van der Waals surface area (Å²) in [6, 6.07) is 2.63. The van der Waals surface area contributed by atoms with Crippen molar-refractivity contribution < 1.29 is 24.2 Å². The van der Waals surface area contributed by atoms with Gasteiger partial charge in [0.05, 0.1) is 0 Å². The molecule has 2 N–H and O–H groups in total. The Labute approximate surface area is 79.0 Å². The maximum Gasteiger partial charge on any atom is 0.371 e. The molecule has 0 bridgehead atoms. The Morgan fingerprint density at radius 3 is 2.57 bits per heavy atom. The third kappa shape index (κ3) is 2.68. The average Bonchev–Trinajstić information content (AvgIpc) is 2.52. The largest absolute Gasteiger partial charge is 0.481 e. The first-order valence-electron chi connectivity index (χ1n) is 3.63. The minimum Gasteiger partial charge on any atom is -0.481 e. The number of aromatic carboxylic acids is 1. The molecule has 1 aromatic heterocycles. The number of rotatable bonds is 2. The molecular formula is C9H6O5. The number of hydrogen-bond donors (Lipinski definition) is 2. The van der Waals surface area contributed by atoms with Crippen molar-refractivity contribution in [2.75, 3.05) is 0 Å². The molecule has 0 atom stereocenters. The van der Waals surface area contributed by atoms with E-state index in [1.807, 2.05) is 0 Å². The lowest BCUT2D eigenvalue weighted by atomic mass is 10.4. The number of aliphatic carboxylic acids is 1. The zero-order chi connectivity index (χ0) is 10.6. The van der Waals surface area contributed by atoms with Gasteiger partial charge in [-0.15, -0.1) is 0 Å². The first-order chi connectivity index (χ1) is 6.59. The van der Waals surface area contributed by atoms with Crippen LogP contribution in [0.5, 0.6) is 0 Å². The van der Waals surface area contributed by atoms with Gasteiger partial charge in [-0.3, -0.25) is 4.79 Å². The summed E-state index contributed by atoms with van der Waals surface area (Å²) >= 11 is 0. The van der Waals surface area contributed by atoms with Gasteiger partial charge >= 0.3 is 11.9 Å². The van der Waals surface area contributed by atoms with Crippen LogP contribution in [0.4, 0.5) is 0 Å². The van der Waals surface area contributed by atoms with Crippen LogP contribution in [-0.2, 0) is 4.79 Å². The van der Waals surface area contributed by atoms with Crippen LogP contribution in [0.2, 0.25) is 0 Å². The molecule has 72 valence electrons. The Bertz CT molecular complexity index is 418. The molecule has 1 rings (SSSR count). The average molecular weight is 194 g/mol. The van der Waals surface area contributed by atoms with E-state index in [4.69, 9.17) is 14.6 Å². The number of carboxylic acids is 2. The molecule has 0 unspecified atom stereocenters. The molecular weight excluding hydrogens is 188 g/mol. The number of furan rings is 1. The third-order valence-electron chi connectivity index (χ3n) is 1.27. The van der Waals surface area contributed by atoms with Crippen molar-refractivity contribution in [2.24, 2.45) is 0 Å². The van der Waals surface area contributed by atoms with Crippen molar-refractivity contribution >= 4 is 11.9 Å². The third-order valence-corrected chi connectivity index (χ3v) is 1.27. The summed E-state index contributed by atoms with van der Waals surface area (Å²) in [5, 5.41) is 16.7. The molecule has 0 radical (unpaired) electrons. The van der Waals surface area contributed by atoms with Crippen LogP contribution in [0.25, 0.3) is 0 Å². The molecule has 1 heterocycles. The smallest absolute Gasteiger partial charge is 0.371 e. The fraction of sp³-hybridized carbons (Fsp3) is 0.111. The van der Waals surface area contributed by atoms with E-state index in [0.29, 0.717) is 0 Å². The molecule has 0 spiro atoms. The molecule has 0 amide bonds. The minimum absolute atomic E-state index is 0.142. The van der Waals surface area contributed by atoms with Crippen LogP contribution in [0.15, 0.2) is 16.5 Å². The molecule has 1 aromatic rings. The van der Waals surface area contributed by atoms with Crippen molar-refractivity contribution in [3.8, 4) is 11.8 Å². The van der Waals surface area contributed by atoms with Crippen LogP contribution < -0.4 is 0 Å². The number of hydrogen-bond acceptors (Lipinski definition) is 3. The van der Waals surface area contributed by atoms with Crippen molar-refractivity contribution in [2.45, 2.75) is 6.42 Å². The Morgan fingerprint density at radius 1 is 1.36 bits per heavy atom. The minimum atomic E-state index is -1.18. The highest BCUT2D eigenvalue weighted by atomic mass is 16.4. The lowest BCUT2D eigenvalue weighted by Crippen LogP contribution is -1.91. The van der Waals surface area contributed by atoms with Gasteiger partial charge < -0.3 is 14.6 Å². The molecule has 0 fully saturated rings. The Hall–Kier alpha value is -2.22. The highest BCUT2D eigenvalue weighted by Gasteiger charge is 2.06. The summed E-state index contributed by atoms with van der Waals surface area (Å²) in [4.78, 5) is 20.4. The predicted molar refractivity (Wildman–Crippen MR) is 44.8 cm³/mol. The van der Waals surface area contributed by atoms with Crippen LogP contribution in [-0.4, -0.2) is 22.2 Å². The highest BCUT2D eigenvalue weighted by molar-refractivity contribution is 5.84. The summed E-state index contributed by atoms with van der Waals surface area (Å²) in [5.74, 6) is 2.41. The summed E-state index contributed by atoms with van der Waals surface area (Å²) in [5.41, 5.74) is 0. The van der Waals surface area contributed by atoms with E-state index in [0.717, 1.165) is 0 Å². The fourth-order valence-corrected chi connectivity index (χ4v) is 0.727.